The summed E-state index contributed by atoms with van der Waals surface area (Å²) in [6.45, 7) is 2.44. The highest BCUT2D eigenvalue weighted by molar-refractivity contribution is 5.95. The molecule has 11 rings (SSSR count). The van der Waals surface area contributed by atoms with Crippen LogP contribution in [0.2, 0.25) is 0 Å². The smallest absolute Gasteiger partial charge is 0.132 e. The summed E-state index contributed by atoms with van der Waals surface area (Å²) in [5.74, 6) is 1.77. The van der Waals surface area contributed by atoms with Gasteiger partial charge in [0.2, 0.25) is 0 Å². The number of hydrogen-bond acceptors (Lipinski definition) is 1. The molecule has 276 valence electrons. The Labute approximate surface area is 341 Å². The normalized spacial score (nSPS) is 19.3. The molecule has 8 aromatic rings. The van der Waals surface area contributed by atoms with Crippen molar-refractivity contribution in [3.8, 4) is 44.9 Å². The van der Waals surface area contributed by atoms with Crippen molar-refractivity contribution in [1.29, 1.82) is 0 Å². The van der Waals surface area contributed by atoms with Gasteiger partial charge in [-0.3, -0.25) is 0 Å². The Morgan fingerprint density at radius 1 is 0.414 bits per heavy atom. The van der Waals surface area contributed by atoms with Crippen LogP contribution in [0.4, 0.5) is 0 Å². The monoisotopic (exact) mass is 742 g/mol. The second-order valence-electron chi connectivity index (χ2n) is 16.2. The molecule has 0 saturated heterocycles. The van der Waals surface area contributed by atoms with Gasteiger partial charge in [-0.2, -0.15) is 0 Å². The zero-order valence-corrected chi connectivity index (χ0v) is 32.5. The Hall–Kier alpha value is -6.96. The molecule has 0 amide bonds. The molecule has 0 N–H and O–H groups in total. The van der Waals surface area contributed by atoms with Crippen molar-refractivity contribution in [3.05, 3.63) is 263 Å². The van der Waals surface area contributed by atoms with E-state index in [2.05, 4.69) is 231 Å². The summed E-state index contributed by atoms with van der Waals surface area (Å²) in [4.78, 5) is 0. The number of benzene rings is 8. The predicted molar refractivity (Wildman–Crippen MR) is 238 cm³/mol. The molecule has 2 aliphatic carbocycles. The number of para-hydroxylation sites is 1. The molecule has 3 aliphatic rings. The van der Waals surface area contributed by atoms with Crippen molar-refractivity contribution >= 4 is 0 Å². The van der Waals surface area contributed by atoms with Crippen LogP contribution in [-0.4, -0.2) is 0 Å². The minimum absolute atomic E-state index is 0.168. The molecule has 1 aliphatic heterocycles. The van der Waals surface area contributed by atoms with Gasteiger partial charge in [0.15, 0.2) is 0 Å². The van der Waals surface area contributed by atoms with Crippen LogP contribution >= 0.6 is 0 Å². The van der Waals surface area contributed by atoms with E-state index < -0.39 is 5.41 Å². The minimum Gasteiger partial charge on any atom is -0.457 e. The van der Waals surface area contributed by atoms with Gasteiger partial charge >= 0.3 is 0 Å². The molecule has 0 aromatic heterocycles. The van der Waals surface area contributed by atoms with Gasteiger partial charge in [-0.05, 0) is 85.8 Å². The number of rotatable bonds is 6. The van der Waals surface area contributed by atoms with Crippen molar-refractivity contribution in [2.45, 2.75) is 24.2 Å². The van der Waals surface area contributed by atoms with E-state index in [-0.39, 0.29) is 10.8 Å². The van der Waals surface area contributed by atoms with E-state index in [9.17, 15) is 0 Å². The van der Waals surface area contributed by atoms with E-state index in [1.54, 1.807) is 0 Å². The second-order valence-corrected chi connectivity index (χ2v) is 16.2. The Kier molecular flexibility index (Phi) is 7.88. The van der Waals surface area contributed by atoms with Crippen LogP contribution in [0.5, 0.6) is 11.5 Å². The highest BCUT2D eigenvalue weighted by Crippen LogP contribution is 2.64. The molecule has 0 radical (unpaired) electrons. The van der Waals surface area contributed by atoms with Gasteiger partial charge < -0.3 is 4.74 Å². The average Bonchev–Trinajstić information content (AvgIpc) is 3.61. The van der Waals surface area contributed by atoms with E-state index in [0.717, 1.165) is 34.6 Å². The SMILES string of the molecule is CC1(C2(c3ccccc3)c3ccccc3-c3c(-c4ccc(-c5ccc6c(c5)C(c5ccccc5)(c5ccccc5)c5ccccc5O6)cc4)cccc32)C=CC=CC1. The lowest BCUT2D eigenvalue weighted by molar-refractivity contribution is 0.293. The van der Waals surface area contributed by atoms with Crippen molar-refractivity contribution in [2.75, 3.05) is 0 Å². The van der Waals surface area contributed by atoms with Gasteiger partial charge in [-0.15, -0.1) is 0 Å². The fourth-order valence-electron chi connectivity index (χ4n) is 10.7. The first-order valence-corrected chi connectivity index (χ1v) is 20.4. The third-order valence-corrected chi connectivity index (χ3v) is 13.2. The fourth-order valence-corrected chi connectivity index (χ4v) is 10.7. The molecule has 0 saturated carbocycles. The van der Waals surface area contributed by atoms with E-state index in [0.29, 0.717) is 0 Å². The minimum atomic E-state index is -0.564. The molecule has 0 fully saturated rings. The van der Waals surface area contributed by atoms with Crippen molar-refractivity contribution in [2.24, 2.45) is 5.41 Å². The number of fused-ring (bicyclic) bond motifs is 5. The summed E-state index contributed by atoms with van der Waals surface area (Å²) in [5.41, 5.74) is 15.1. The van der Waals surface area contributed by atoms with E-state index in [4.69, 9.17) is 4.74 Å². The molecule has 2 atom stereocenters. The lowest BCUT2D eigenvalue weighted by Crippen LogP contribution is -2.43. The predicted octanol–water partition coefficient (Wildman–Crippen LogP) is 14.3. The standard InChI is InChI=1S/C57H42O/c1-55(37-16-5-17-38-55)57(45-23-10-4-11-24-45)48-27-13-12-25-47(48)54-46(26-18-29-50(54)57)41-33-31-40(32-34-41)42-35-36-53-51(39-42)56(43-19-6-2-7-20-43,44-21-8-3-9-22-44)49-28-14-15-30-52(49)58-53/h2-37,39H,38H2,1H3. The van der Waals surface area contributed by atoms with Crippen LogP contribution in [-0.2, 0) is 10.8 Å². The average molecular weight is 743 g/mol. The summed E-state index contributed by atoms with van der Waals surface area (Å²) < 4.78 is 6.71. The van der Waals surface area contributed by atoms with Gasteiger partial charge in [-0.25, -0.2) is 0 Å². The molecule has 1 heteroatoms. The van der Waals surface area contributed by atoms with Gasteiger partial charge in [0.1, 0.15) is 11.5 Å². The van der Waals surface area contributed by atoms with Crippen molar-refractivity contribution in [1.82, 2.24) is 0 Å². The van der Waals surface area contributed by atoms with E-state index in [1.807, 2.05) is 0 Å². The van der Waals surface area contributed by atoms with Crippen LogP contribution in [0.1, 0.15) is 52.3 Å². The van der Waals surface area contributed by atoms with Crippen LogP contribution in [0.15, 0.2) is 224 Å². The quantitative estimate of drug-likeness (QED) is 0.165. The third-order valence-electron chi connectivity index (χ3n) is 13.2. The second kappa shape index (κ2) is 13.3. The molecule has 0 bridgehead atoms. The van der Waals surface area contributed by atoms with Crippen LogP contribution in [0.25, 0.3) is 33.4 Å². The molecule has 2 unspecified atom stereocenters. The fraction of sp³-hybridized carbons (Fsp3) is 0.0877. The summed E-state index contributed by atoms with van der Waals surface area (Å²) in [7, 11) is 0. The first-order valence-electron chi connectivity index (χ1n) is 20.4. The summed E-state index contributed by atoms with van der Waals surface area (Å²) >= 11 is 0. The number of hydrogen-bond donors (Lipinski definition) is 0. The topological polar surface area (TPSA) is 9.23 Å². The highest BCUT2D eigenvalue weighted by Gasteiger charge is 2.55. The zero-order chi connectivity index (χ0) is 38.7. The zero-order valence-electron chi connectivity index (χ0n) is 32.5. The van der Waals surface area contributed by atoms with Crippen molar-refractivity contribution < 1.29 is 4.74 Å². The van der Waals surface area contributed by atoms with Crippen molar-refractivity contribution in [3.63, 3.8) is 0 Å². The third kappa shape index (κ3) is 4.83. The van der Waals surface area contributed by atoms with Gasteiger partial charge in [0, 0.05) is 16.5 Å². The highest BCUT2D eigenvalue weighted by atomic mass is 16.5. The van der Waals surface area contributed by atoms with Gasteiger partial charge in [0.05, 0.1) is 10.8 Å². The maximum atomic E-state index is 6.71. The van der Waals surface area contributed by atoms with E-state index >= 15 is 0 Å². The Bertz CT molecular complexity index is 2850. The molecular weight excluding hydrogens is 701 g/mol. The number of ether oxygens (including phenoxy) is 1. The molecular formula is C57H42O. The largest absolute Gasteiger partial charge is 0.457 e. The molecule has 8 aromatic carbocycles. The first kappa shape index (κ1) is 34.3. The van der Waals surface area contributed by atoms with E-state index in [1.165, 1.54) is 55.6 Å². The molecule has 1 nitrogen and oxygen atoms in total. The van der Waals surface area contributed by atoms with Gasteiger partial charge in [-0.1, -0.05) is 213 Å². The number of allylic oxidation sites excluding steroid dienone is 4. The summed E-state index contributed by atoms with van der Waals surface area (Å²) in [6, 6.07) is 73.5. The Morgan fingerprint density at radius 3 is 1.66 bits per heavy atom. The van der Waals surface area contributed by atoms with Crippen LogP contribution in [0.3, 0.4) is 0 Å². The lowest BCUT2D eigenvalue weighted by Gasteiger charge is -2.47. The van der Waals surface area contributed by atoms with Gasteiger partial charge in [0.25, 0.3) is 0 Å². The molecule has 58 heavy (non-hydrogen) atoms. The van der Waals surface area contributed by atoms with Crippen LogP contribution in [0, 0.1) is 5.41 Å². The molecule has 1 heterocycles. The maximum Gasteiger partial charge on any atom is 0.132 e. The Morgan fingerprint density at radius 2 is 0.966 bits per heavy atom. The summed E-state index contributed by atoms with van der Waals surface area (Å²) in [6.07, 6.45) is 10.2. The maximum absolute atomic E-state index is 6.71. The molecule has 0 spiro atoms. The summed E-state index contributed by atoms with van der Waals surface area (Å²) in [5, 5.41) is 0. The van der Waals surface area contributed by atoms with Crippen LogP contribution < -0.4 is 4.74 Å². The Balaban J connectivity index is 1.07. The lowest BCUT2D eigenvalue weighted by atomic mass is 9.54. The first-order chi connectivity index (χ1) is 28.6.